The SMILES string of the molecule is CCCNC(CCC(C)C)c1ncccc1F. The van der Waals surface area contributed by atoms with Crippen LogP contribution in [0.4, 0.5) is 4.39 Å². The maximum atomic E-state index is 13.7. The molecule has 3 heteroatoms. The summed E-state index contributed by atoms with van der Waals surface area (Å²) in [5, 5.41) is 3.38. The van der Waals surface area contributed by atoms with Crippen molar-refractivity contribution in [2.45, 2.75) is 46.1 Å². The van der Waals surface area contributed by atoms with Crippen molar-refractivity contribution in [2.75, 3.05) is 6.54 Å². The predicted molar refractivity (Wildman–Crippen MR) is 69.3 cm³/mol. The maximum absolute atomic E-state index is 13.7. The number of rotatable bonds is 7. The summed E-state index contributed by atoms with van der Waals surface area (Å²) in [6, 6.07) is 3.16. The highest BCUT2D eigenvalue weighted by Gasteiger charge is 2.16. The molecule has 0 aliphatic heterocycles. The lowest BCUT2D eigenvalue weighted by Crippen LogP contribution is -2.24. The van der Waals surface area contributed by atoms with Gasteiger partial charge in [0.15, 0.2) is 0 Å². The standard InChI is InChI=1S/C14H23FN2/c1-4-9-16-13(8-7-11(2)3)14-12(15)6-5-10-17-14/h5-6,10-11,13,16H,4,7-9H2,1-3H3. The zero-order chi connectivity index (χ0) is 12.7. The van der Waals surface area contributed by atoms with E-state index in [2.05, 4.69) is 31.1 Å². The van der Waals surface area contributed by atoms with Crippen LogP contribution in [0, 0.1) is 11.7 Å². The lowest BCUT2D eigenvalue weighted by molar-refractivity contribution is 0.418. The highest BCUT2D eigenvalue weighted by Crippen LogP contribution is 2.21. The molecule has 0 bridgehead atoms. The summed E-state index contributed by atoms with van der Waals surface area (Å²) < 4.78 is 13.7. The van der Waals surface area contributed by atoms with E-state index in [0.717, 1.165) is 25.8 Å². The molecular formula is C14H23FN2. The molecule has 96 valence electrons. The Labute approximate surface area is 104 Å². The molecule has 1 heterocycles. The van der Waals surface area contributed by atoms with Gasteiger partial charge in [0.05, 0.1) is 11.7 Å². The lowest BCUT2D eigenvalue weighted by atomic mass is 10.0. The number of aromatic nitrogens is 1. The quantitative estimate of drug-likeness (QED) is 0.783. The minimum absolute atomic E-state index is 0.0403. The molecule has 1 atom stereocenters. The molecular weight excluding hydrogens is 215 g/mol. The molecule has 1 N–H and O–H groups in total. The Balaban J connectivity index is 2.71. The molecule has 0 aliphatic rings. The summed E-state index contributed by atoms with van der Waals surface area (Å²) in [6.07, 6.45) is 4.73. The van der Waals surface area contributed by atoms with Crippen LogP contribution in [-0.2, 0) is 0 Å². The van der Waals surface area contributed by atoms with E-state index in [-0.39, 0.29) is 11.9 Å². The van der Waals surface area contributed by atoms with Gasteiger partial charge in [-0.05, 0) is 43.9 Å². The number of nitrogens with zero attached hydrogens (tertiary/aromatic N) is 1. The summed E-state index contributed by atoms with van der Waals surface area (Å²) in [5.41, 5.74) is 0.557. The van der Waals surface area contributed by atoms with Gasteiger partial charge in [0.2, 0.25) is 0 Å². The average molecular weight is 238 g/mol. The zero-order valence-electron chi connectivity index (χ0n) is 11.0. The Kier molecular flexibility index (Phi) is 6.12. The van der Waals surface area contributed by atoms with Crippen molar-refractivity contribution in [3.05, 3.63) is 29.8 Å². The number of hydrogen-bond acceptors (Lipinski definition) is 2. The Bertz CT molecular complexity index is 326. The number of nitrogens with one attached hydrogen (secondary N) is 1. The first-order valence-corrected chi connectivity index (χ1v) is 6.49. The van der Waals surface area contributed by atoms with Gasteiger partial charge >= 0.3 is 0 Å². The third kappa shape index (κ3) is 4.82. The van der Waals surface area contributed by atoms with E-state index < -0.39 is 0 Å². The normalized spacial score (nSPS) is 13.0. The molecule has 1 aromatic heterocycles. The second-order valence-electron chi connectivity index (χ2n) is 4.85. The van der Waals surface area contributed by atoms with Crippen molar-refractivity contribution in [1.29, 1.82) is 0 Å². The molecule has 0 spiro atoms. The number of halogens is 1. The van der Waals surface area contributed by atoms with Crippen LogP contribution in [0.5, 0.6) is 0 Å². The van der Waals surface area contributed by atoms with Crippen LogP contribution in [0.25, 0.3) is 0 Å². The minimum Gasteiger partial charge on any atom is -0.309 e. The largest absolute Gasteiger partial charge is 0.309 e. The van der Waals surface area contributed by atoms with Gasteiger partial charge in [-0.3, -0.25) is 4.98 Å². The molecule has 0 amide bonds. The van der Waals surface area contributed by atoms with Crippen molar-refractivity contribution < 1.29 is 4.39 Å². The maximum Gasteiger partial charge on any atom is 0.146 e. The van der Waals surface area contributed by atoms with E-state index in [1.54, 1.807) is 12.3 Å². The van der Waals surface area contributed by atoms with Crippen LogP contribution in [0.2, 0.25) is 0 Å². The van der Waals surface area contributed by atoms with Gasteiger partial charge in [-0.2, -0.15) is 0 Å². The fourth-order valence-electron chi connectivity index (χ4n) is 1.81. The van der Waals surface area contributed by atoms with Gasteiger partial charge < -0.3 is 5.32 Å². The first kappa shape index (κ1) is 14.1. The molecule has 0 saturated carbocycles. The highest BCUT2D eigenvalue weighted by molar-refractivity contribution is 5.11. The van der Waals surface area contributed by atoms with Gasteiger partial charge in [0.25, 0.3) is 0 Å². The van der Waals surface area contributed by atoms with Crippen LogP contribution < -0.4 is 5.32 Å². The smallest absolute Gasteiger partial charge is 0.146 e. The Hall–Kier alpha value is -0.960. The molecule has 1 unspecified atom stereocenters. The van der Waals surface area contributed by atoms with Crippen LogP contribution >= 0.6 is 0 Å². The van der Waals surface area contributed by atoms with Crippen molar-refractivity contribution in [1.82, 2.24) is 10.3 Å². The van der Waals surface area contributed by atoms with Gasteiger partial charge in [-0.25, -0.2) is 4.39 Å². The Morgan fingerprint density at radius 1 is 1.35 bits per heavy atom. The van der Waals surface area contributed by atoms with Crippen molar-refractivity contribution in [3.8, 4) is 0 Å². The van der Waals surface area contributed by atoms with E-state index >= 15 is 0 Å². The Morgan fingerprint density at radius 3 is 2.71 bits per heavy atom. The highest BCUT2D eigenvalue weighted by atomic mass is 19.1. The first-order chi connectivity index (χ1) is 8.15. The second kappa shape index (κ2) is 7.38. The molecule has 0 saturated heterocycles. The summed E-state index contributed by atoms with van der Waals surface area (Å²) in [5.74, 6) is 0.428. The summed E-state index contributed by atoms with van der Waals surface area (Å²) in [6.45, 7) is 7.39. The molecule has 17 heavy (non-hydrogen) atoms. The van der Waals surface area contributed by atoms with Crippen LogP contribution in [0.3, 0.4) is 0 Å². The minimum atomic E-state index is -0.204. The molecule has 0 aliphatic carbocycles. The summed E-state index contributed by atoms with van der Waals surface area (Å²) in [4.78, 5) is 4.17. The van der Waals surface area contributed by atoms with E-state index in [9.17, 15) is 4.39 Å². The molecule has 0 fully saturated rings. The van der Waals surface area contributed by atoms with Gasteiger partial charge in [-0.15, -0.1) is 0 Å². The third-order valence-corrected chi connectivity index (χ3v) is 2.79. The van der Waals surface area contributed by atoms with Crippen LogP contribution in [0.1, 0.15) is 51.8 Å². The fraction of sp³-hybridized carbons (Fsp3) is 0.643. The van der Waals surface area contributed by atoms with Crippen molar-refractivity contribution in [3.63, 3.8) is 0 Å². The molecule has 1 rings (SSSR count). The molecule has 2 nitrogen and oxygen atoms in total. The third-order valence-electron chi connectivity index (χ3n) is 2.79. The van der Waals surface area contributed by atoms with E-state index in [1.807, 2.05) is 0 Å². The van der Waals surface area contributed by atoms with Crippen molar-refractivity contribution >= 4 is 0 Å². The topological polar surface area (TPSA) is 24.9 Å². The van der Waals surface area contributed by atoms with Gasteiger partial charge in [-0.1, -0.05) is 20.8 Å². The second-order valence-corrected chi connectivity index (χ2v) is 4.85. The molecule has 1 aromatic rings. The molecule has 0 radical (unpaired) electrons. The Morgan fingerprint density at radius 2 is 2.12 bits per heavy atom. The molecule has 0 aromatic carbocycles. The predicted octanol–water partition coefficient (Wildman–Crippen LogP) is 3.70. The average Bonchev–Trinajstić information content (AvgIpc) is 2.30. The summed E-state index contributed by atoms with van der Waals surface area (Å²) >= 11 is 0. The van der Waals surface area contributed by atoms with Crippen LogP contribution in [0.15, 0.2) is 18.3 Å². The van der Waals surface area contributed by atoms with E-state index in [1.165, 1.54) is 6.07 Å². The zero-order valence-corrected chi connectivity index (χ0v) is 11.0. The number of hydrogen-bond donors (Lipinski definition) is 1. The monoisotopic (exact) mass is 238 g/mol. The summed E-state index contributed by atoms with van der Waals surface area (Å²) in [7, 11) is 0. The lowest BCUT2D eigenvalue weighted by Gasteiger charge is -2.19. The van der Waals surface area contributed by atoms with Crippen molar-refractivity contribution in [2.24, 2.45) is 5.92 Å². The van der Waals surface area contributed by atoms with Crippen LogP contribution in [-0.4, -0.2) is 11.5 Å². The fourth-order valence-corrected chi connectivity index (χ4v) is 1.81. The van der Waals surface area contributed by atoms with E-state index in [0.29, 0.717) is 11.6 Å². The van der Waals surface area contributed by atoms with Gasteiger partial charge in [0, 0.05) is 6.20 Å². The van der Waals surface area contributed by atoms with Gasteiger partial charge in [0.1, 0.15) is 5.82 Å². The first-order valence-electron chi connectivity index (χ1n) is 6.49. The van der Waals surface area contributed by atoms with E-state index in [4.69, 9.17) is 0 Å². The number of pyridine rings is 1.